The maximum atomic E-state index is 12.6. The molecule has 0 aromatic heterocycles. The van der Waals surface area contributed by atoms with Crippen molar-refractivity contribution in [3.63, 3.8) is 0 Å². The van der Waals surface area contributed by atoms with Gasteiger partial charge in [0.25, 0.3) is 0 Å². The van der Waals surface area contributed by atoms with E-state index in [4.69, 9.17) is 0 Å². The predicted molar refractivity (Wildman–Crippen MR) is 52.5 cm³/mol. The highest BCUT2D eigenvalue weighted by Gasteiger charge is 2.45. The summed E-state index contributed by atoms with van der Waals surface area (Å²) in [5.74, 6) is -1.53. The van der Waals surface area contributed by atoms with Crippen molar-refractivity contribution < 1.29 is 36.0 Å². The van der Waals surface area contributed by atoms with Gasteiger partial charge in [-0.25, -0.2) is 0 Å². The monoisotopic (exact) mass is 353 g/mol. The lowest BCUT2D eigenvalue weighted by molar-refractivity contribution is -0.391. The molecule has 19 heavy (non-hydrogen) atoms. The van der Waals surface area contributed by atoms with E-state index in [-0.39, 0.29) is 0 Å². The number of alkyl halides is 6. The minimum absolute atomic E-state index is 0.422. The van der Waals surface area contributed by atoms with E-state index in [1.807, 2.05) is 0 Å². The van der Waals surface area contributed by atoms with Crippen LogP contribution in [0, 0.1) is 10.1 Å². The maximum absolute atomic E-state index is 12.6. The Kier molecular flexibility index (Phi) is 3.98. The van der Waals surface area contributed by atoms with Crippen molar-refractivity contribution >= 4 is 21.6 Å². The van der Waals surface area contributed by atoms with Crippen molar-refractivity contribution in [1.82, 2.24) is 0 Å². The second-order valence-corrected chi connectivity index (χ2v) is 3.93. The van der Waals surface area contributed by atoms with Crippen molar-refractivity contribution in [3.8, 4) is 5.75 Å². The van der Waals surface area contributed by atoms with Crippen LogP contribution in [0.15, 0.2) is 16.6 Å². The number of rotatable bonds is 2. The number of nitrogens with zero attached hydrogens (tertiary/aromatic N) is 1. The second-order valence-electron chi connectivity index (χ2n) is 3.07. The third-order valence-electron chi connectivity index (χ3n) is 1.78. The molecule has 0 N–H and O–H groups in total. The topological polar surface area (TPSA) is 52.4 Å². The number of hydrogen-bond donors (Lipinski definition) is 0. The molecule has 11 heteroatoms. The molecule has 0 spiro atoms. The lowest BCUT2D eigenvalue weighted by Crippen LogP contribution is -2.19. The molecule has 106 valence electrons. The van der Waals surface area contributed by atoms with E-state index < -0.39 is 38.9 Å². The minimum Gasteiger partial charge on any atom is -0.398 e. The van der Waals surface area contributed by atoms with Crippen molar-refractivity contribution in [1.29, 1.82) is 0 Å². The van der Waals surface area contributed by atoms with Crippen LogP contribution >= 0.6 is 15.9 Å². The lowest BCUT2D eigenvalue weighted by Gasteiger charge is -2.14. The Morgan fingerprint density at radius 1 is 1.16 bits per heavy atom. The first-order chi connectivity index (χ1) is 8.43. The number of halogens is 7. The summed E-state index contributed by atoms with van der Waals surface area (Å²) < 4.78 is 76.2. The zero-order chi connectivity index (χ0) is 15.0. The molecule has 0 bridgehead atoms. The molecule has 0 saturated carbocycles. The summed E-state index contributed by atoms with van der Waals surface area (Å²) in [4.78, 5) is 8.98. The van der Waals surface area contributed by atoms with Crippen LogP contribution in [0.4, 0.5) is 32.0 Å². The van der Waals surface area contributed by atoms with E-state index in [1.165, 1.54) is 0 Å². The molecular formula is C8H2BrF6NO3. The van der Waals surface area contributed by atoms with Crippen LogP contribution in [0.5, 0.6) is 5.75 Å². The number of ether oxygens (including phenoxy) is 1. The van der Waals surface area contributed by atoms with Crippen LogP contribution in [-0.2, 0) is 6.18 Å². The summed E-state index contributed by atoms with van der Waals surface area (Å²) in [7, 11) is 0. The molecule has 0 amide bonds. The molecule has 1 aromatic carbocycles. The first kappa shape index (κ1) is 15.5. The van der Waals surface area contributed by atoms with Gasteiger partial charge < -0.3 is 4.74 Å². The maximum Gasteiger partial charge on any atom is 0.573 e. The molecule has 0 heterocycles. The number of nitro groups is 1. The Labute approximate surface area is 109 Å². The smallest absolute Gasteiger partial charge is 0.398 e. The fraction of sp³-hybridized carbons (Fsp3) is 0.250. The van der Waals surface area contributed by atoms with Crippen LogP contribution in [0.2, 0.25) is 0 Å². The number of nitro benzene ring substituents is 1. The summed E-state index contributed by atoms with van der Waals surface area (Å²) >= 11 is 2.40. The Morgan fingerprint density at radius 2 is 1.68 bits per heavy atom. The summed E-state index contributed by atoms with van der Waals surface area (Å²) in [6.45, 7) is 0. The van der Waals surface area contributed by atoms with E-state index in [0.717, 1.165) is 0 Å². The Hall–Kier alpha value is -1.52. The molecule has 0 saturated heterocycles. The molecule has 0 aliphatic carbocycles. The zero-order valence-corrected chi connectivity index (χ0v) is 10.1. The molecule has 0 aliphatic heterocycles. The molecule has 4 nitrogen and oxygen atoms in total. The third-order valence-corrected chi connectivity index (χ3v) is 2.44. The Bertz CT molecular complexity index is 512. The first-order valence-electron chi connectivity index (χ1n) is 4.23. The van der Waals surface area contributed by atoms with Crippen molar-refractivity contribution in [2.24, 2.45) is 0 Å². The van der Waals surface area contributed by atoms with Gasteiger partial charge in [-0.15, -0.1) is 13.2 Å². The first-order valence-corrected chi connectivity index (χ1v) is 5.02. The summed E-state index contributed by atoms with van der Waals surface area (Å²) in [5, 5.41) is 10.6. The summed E-state index contributed by atoms with van der Waals surface area (Å²) in [6.07, 6.45) is -10.6. The quantitative estimate of drug-likeness (QED) is 0.453. The van der Waals surface area contributed by atoms with Crippen molar-refractivity contribution in [2.75, 3.05) is 0 Å². The zero-order valence-electron chi connectivity index (χ0n) is 8.47. The van der Waals surface area contributed by atoms with Crippen molar-refractivity contribution in [2.45, 2.75) is 12.5 Å². The van der Waals surface area contributed by atoms with E-state index in [2.05, 4.69) is 20.7 Å². The van der Waals surface area contributed by atoms with Crippen LogP contribution < -0.4 is 4.74 Å². The van der Waals surface area contributed by atoms with Gasteiger partial charge in [0.1, 0.15) is 0 Å². The molecule has 0 atom stereocenters. The fourth-order valence-electron chi connectivity index (χ4n) is 1.21. The average molecular weight is 354 g/mol. The summed E-state index contributed by atoms with van der Waals surface area (Å²) in [5.41, 5.74) is -3.65. The van der Waals surface area contributed by atoms with Crippen LogP contribution in [0.1, 0.15) is 5.56 Å². The van der Waals surface area contributed by atoms with Crippen LogP contribution in [0.25, 0.3) is 0 Å². The highest BCUT2D eigenvalue weighted by atomic mass is 79.9. The third kappa shape index (κ3) is 3.72. The van der Waals surface area contributed by atoms with Gasteiger partial charge in [0.05, 0.1) is 4.92 Å². The van der Waals surface area contributed by atoms with Gasteiger partial charge in [0.15, 0.2) is 5.56 Å². The largest absolute Gasteiger partial charge is 0.573 e. The van der Waals surface area contributed by atoms with Gasteiger partial charge in [-0.3, -0.25) is 10.1 Å². The fourth-order valence-corrected chi connectivity index (χ4v) is 1.75. The molecule has 1 aromatic rings. The number of hydrogen-bond acceptors (Lipinski definition) is 3. The predicted octanol–water partition coefficient (Wildman–Crippen LogP) is 4.27. The highest BCUT2D eigenvalue weighted by molar-refractivity contribution is 9.10. The molecule has 0 unspecified atom stereocenters. The van der Waals surface area contributed by atoms with Gasteiger partial charge in [0, 0.05) is 4.47 Å². The van der Waals surface area contributed by atoms with Crippen LogP contribution in [-0.4, -0.2) is 11.3 Å². The van der Waals surface area contributed by atoms with E-state index >= 15 is 0 Å². The minimum atomic E-state index is -5.35. The highest BCUT2D eigenvalue weighted by Crippen LogP contribution is 2.46. The van der Waals surface area contributed by atoms with Gasteiger partial charge in [-0.2, -0.15) is 13.2 Å². The van der Waals surface area contributed by atoms with Gasteiger partial charge in [-0.05, 0) is 28.1 Å². The molecular weight excluding hydrogens is 352 g/mol. The normalized spacial score (nSPS) is 12.4. The SMILES string of the molecule is O=[N+]([O-])c1c(OC(F)(F)F)ccc(Br)c1C(F)(F)F. The molecule has 0 radical (unpaired) electrons. The van der Waals surface area contributed by atoms with Crippen LogP contribution in [0.3, 0.4) is 0 Å². The average Bonchev–Trinajstić information content (AvgIpc) is 2.15. The van der Waals surface area contributed by atoms with Gasteiger partial charge >= 0.3 is 18.2 Å². The van der Waals surface area contributed by atoms with E-state index in [9.17, 15) is 36.5 Å². The molecule has 1 rings (SSSR count). The van der Waals surface area contributed by atoms with Gasteiger partial charge in [-0.1, -0.05) is 0 Å². The van der Waals surface area contributed by atoms with Gasteiger partial charge in [0.2, 0.25) is 5.75 Å². The lowest BCUT2D eigenvalue weighted by atomic mass is 10.1. The molecule has 0 aliphatic rings. The van der Waals surface area contributed by atoms with E-state index in [0.29, 0.717) is 12.1 Å². The standard InChI is InChI=1S/C8H2BrF6NO3/c9-3-1-2-4(19-8(13,14)15)6(16(17)18)5(3)7(10,11)12/h1-2H. The second kappa shape index (κ2) is 4.87. The number of benzene rings is 1. The van der Waals surface area contributed by atoms with E-state index in [1.54, 1.807) is 0 Å². The Balaban J connectivity index is 3.55. The summed E-state index contributed by atoms with van der Waals surface area (Å²) in [6, 6.07) is 1.00. The molecule has 0 fully saturated rings. The Morgan fingerprint density at radius 3 is 2.05 bits per heavy atom. The van der Waals surface area contributed by atoms with Crippen molar-refractivity contribution in [3.05, 3.63) is 32.3 Å².